The van der Waals surface area contributed by atoms with Gasteiger partial charge < -0.3 is 15.0 Å². The summed E-state index contributed by atoms with van der Waals surface area (Å²) < 4.78 is 5.53. The molecule has 180 valence electrons. The van der Waals surface area contributed by atoms with Crippen molar-refractivity contribution >= 4 is 40.5 Å². The molecular weight excluding hydrogens is 478 g/mol. The summed E-state index contributed by atoms with van der Waals surface area (Å²) >= 11 is 7.62. The first-order valence-electron chi connectivity index (χ1n) is 11.6. The number of nitrogens with one attached hydrogen (secondary N) is 1. The highest BCUT2D eigenvalue weighted by Crippen LogP contribution is 2.34. The number of aryl methyl sites for hydroxylation is 1. The van der Waals surface area contributed by atoms with Gasteiger partial charge in [0.15, 0.2) is 10.8 Å². The molecule has 1 N–H and O–H groups in total. The second-order valence-electron chi connectivity index (χ2n) is 9.06. The third-order valence-electron chi connectivity index (χ3n) is 6.81. The summed E-state index contributed by atoms with van der Waals surface area (Å²) in [5.74, 6) is -0.176. The minimum absolute atomic E-state index is 0.000560. The van der Waals surface area contributed by atoms with E-state index in [1.54, 1.807) is 25.4 Å². The molecule has 5 rings (SSSR count). The topological polar surface area (TPSA) is 114 Å². The molecule has 4 atom stereocenters. The Morgan fingerprint density at radius 2 is 2.06 bits per heavy atom. The number of nitrogens with zero attached hydrogens (tertiary/aromatic N) is 4. The molecule has 1 aliphatic carbocycles. The highest BCUT2D eigenvalue weighted by Gasteiger charge is 2.53. The van der Waals surface area contributed by atoms with Gasteiger partial charge in [-0.1, -0.05) is 19.3 Å². The normalized spacial score (nSPS) is 25.9. The van der Waals surface area contributed by atoms with Gasteiger partial charge in [0.1, 0.15) is 30.6 Å². The Morgan fingerprint density at radius 3 is 2.82 bits per heavy atom. The van der Waals surface area contributed by atoms with E-state index < -0.39 is 29.5 Å². The Kier molecular flexibility index (Phi) is 6.63. The zero-order valence-electron chi connectivity index (χ0n) is 18.8. The summed E-state index contributed by atoms with van der Waals surface area (Å²) in [7, 11) is 0. The SMILES string of the molecule is Cc1nccc(-c2cnc(C(=O)NC(C(=O)N3C[C@H](Cl)[C@H]4OCC(=O)[C@H]43)C3CCCCC3)s2)n1. The number of alkyl halides is 1. The molecule has 2 amide bonds. The van der Waals surface area contributed by atoms with Crippen molar-refractivity contribution in [3.8, 4) is 10.6 Å². The van der Waals surface area contributed by atoms with Crippen LogP contribution in [-0.2, 0) is 14.3 Å². The van der Waals surface area contributed by atoms with Crippen LogP contribution in [0.5, 0.6) is 0 Å². The number of halogens is 1. The molecule has 9 nitrogen and oxygen atoms in total. The molecule has 0 spiro atoms. The standard InChI is InChI=1S/C23H26ClN5O4S/c1-12-25-8-7-15(27-12)17-9-26-22(34-17)21(31)28-18(13-5-3-2-4-6-13)23(32)29-10-14(24)20-19(29)16(30)11-33-20/h7-9,13-14,18-20H,2-6,10-11H2,1H3,(H,28,31)/t14-,18?,19+,20+/m0/s1. The van der Waals surface area contributed by atoms with Crippen LogP contribution < -0.4 is 5.32 Å². The minimum Gasteiger partial charge on any atom is -0.366 e. The zero-order chi connectivity index (χ0) is 23.8. The molecule has 2 saturated heterocycles. The summed E-state index contributed by atoms with van der Waals surface area (Å²) in [6.07, 6.45) is 7.60. The van der Waals surface area contributed by atoms with E-state index in [9.17, 15) is 14.4 Å². The Hall–Kier alpha value is -2.43. The van der Waals surface area contributed by atoms with Gasteiger partial charge in [0.2, 0.25) is 5.91 Å². The molecule has 0 radical (unpaired) electrons. The van der Waals surface area contributed by atoms with Crippen molar-refractivity contribution < 1.29 is 19.1 Å². The molecule has 3 aliphatic rings. The number of fused-ring (bicyclic) bond motifs is 1. The lowest BCUT2D eigenvalue weighted by Crippen LogP contribution is -2.55. The first kappa shape index (κ1) is 23.3. The van der Waals surface area contributed by atoms with Crippen molar-refractivity contribution in [3.63, 3.8) is 0 Å². The summed E-state index contributed by atoms with van der Waals surface area (Å²) in [4.78, 5) is 54.4. The lowest BCUT2D eigenvalue weighted by atomic mass is 9.83. The third kappa shape index (κ3) is 4.46. The maximum Gasteiger partial charge on any atom is 0.280 e. The average molecular weight is 504 g/mol. The monoisotopic (exact) mass is 503 g/mol. The maximum absolute atomic E-state index is 13.7. The van der Waals surface area contributed by atoms with Crippen LogP contribution in [-0.4, -0.2) is 74.2 Å². The minimum atomic E-state index is -0.738. The molecule has 0 aromatic carbocycles. The molecule has 34 heavy (non-hydrogen) atoms. The highest BCUT2D eigenvalue weighted by molar-refractivity contribution is 7.16. The molecule has 11 heteroatoms. The Balaban J connectivity index is 1.37. The van der Waals surface area contributed by atoms with Gasteiger partial charge in [-0.15, -0.1) is 22.9 Å². The quantitative estimate of drug-likeness (QED) is 0.623. The van der Waals surface area contributed by atoms with Crippen molar-refractivity contribution in [2.75, 3.05) is 13.2 Å². The van der Waals surface area contributed by atoms with Crippen LogP contribution in [0.3, 0.4) is 0 Å². The number of carbonyl (C=O) groups is 3. The molecule has 0 bridgehead atoms. The van der Waals surface area contributed by atoms with E-state index in [1.807, 2.05) is 0 Å². The van der Waals surface area contributed by atoms with E-state index in [1.165, 1.54) is 16.2 Å². The largest absolute Gasteiger partial charge is 0.366 e. The van der Waals surface area contributed by atoms with Crippen LogP contribution in [0.4, 0.5) is 0 Å². The van der Waals surface area contributed by atoms with Crippen LogP contribution >= 0.6 is 22.9 Å². The number of likely N-dealkylation sites (tertiary alicyclic amines) is 1. The Bertz CT molecular complexity index is 1100. The van der Waals surface area contributed by atoms with Gasteiger partial charge in [-0.2, -0.15) is 0 Å². The van der Waals surface area contributed by atoms with Gasteiger partial charge in [-0.25, -0.2) is 15.0 Å². The number of ether oxygens (including phenoxy) is 1. The van der Waals surface area contributed by atoms with Crippen molar-refractivity contribution in [2.24, 2.45) is 5.92 Å². The fourth-order valence-corrected chi connectivity index (χ4v) is 6.29. The molecular formula is C23H26ClN5O4S. The maximum atomic E-state index is 13.7. The number of ketones is 1. The van der Waals surface area contributed by atoms with E-state index >= 15 is 0 Å². The van der Waals surface area contributed by atoms with Gasteiger partial charge >= 0.3 is 0 Å². The van der Waals surface area contributed by atoms with E-state index in [2.05, 4.69) is 20.3 Å². The van der Waals surface area contributed by atoms with E-state index in [-0.39, 0.29) is 35.8 Å². The van der Waals surface area contributed by atoms with Crippen LogP contribution in [0.2, 0.25) is 0 Å². The van der Waals surface area contributed by atoms with E-state index in [0.717, 1.165) is 37.0 Å². The van der Waals surface area contributed by atoms with Gasteiger partial charge in [0.25, 0.3) is 5.91 Å². The van der Waals surface area contributed by atoms with E-state index in [4.69, 9.17) is 16.3 Å². The van der Waals surface area contributed by atoms with Gasteiger partial charge in [0, 0.05) is 18.9 Å². The number of aromatic nitrogens is 3. The summed E-state index contributed by atoms with van der Waals surface area (Å²) in [5.41, 5.74) is 0.694. The van der Waals surface area contributed by atoms with Crippen molar-refractivity contribution in [1.82, 2.24) is 25.2 Å². The zero-order valence-corrected chi connectivity index (χ0v) is 20.3. The molecule has 3 fully saturated rings. The molecule has 2 aliphatic heterocycles. The predicted molar refractivity (Wildman–Crippen MR) is 126 cm³/mol. The number of carbonyl (C=O) groups excluding carboxylic acids is 3. The van der Waals surface area contributed by atoms with Crippen molar-refractivity contribution in [2.45, 2.75) is 62.6 Å². The van der Waals surface area contributed by atoms with Gasteiger partial charge in [0.05, 0.1) is 15.9 Å². The molecule has 1 saturated carbocycles. The van der Waals surface area contributed by atoms with Crippen LogP contribution in [0, 0.1) is 12.8 Å². The van der Waals surface area contributed by atoms with Crippen molar-refractivity contribution in [3.05, 3.63) is 29.3 Å². The van der Waals surface area contributed by atoms with Crippen molar-refractivity contribution in [1.29, 1.82) is 0 Å². The summed E-state index contributed by atoms with van der Waals surface area (Å²) in [5, 5.41) is 2.77. The van der Waals surface area contributed by atoms with Gasteiger partial charge in [-0.05, 0) is 31.7 Å². The second kappa shape index (κ2) is 9.67. The lowest BCUT2D eigenvalue weighted by molar-refractivity contribution is -0.139. The molecule has 4 heterocycles. The number of thiazole rings is 1. The van der Waals surface area contributed by atoms with Crippen LogP contribution in [0.15, 0.2) is 18.5 Å². The number of hydrogen-bond donors (Lipinski definition) is 1. The van der Waals surface area contributed by atoms with Crippen LogP contribution in [0.1, 0.15) is 47.7 Å². The Labute approximate surface area is 206 Å². The second-order valence-corrected chi connectivity index (χ2v) is 10.7. The highest BCUT2D eigenvalue weighted by atomic mass is 35.5. The first-order chi connectivity index (χ1) is 16.4. The van der Waals surface area contributed by atoms with E-state index in [0.29, 0.717) is 11.5 Å². The van der Waals surface area contributed by atoms with Crippen LogP contribution in [0.25, 0.3) is 10.6 Å². The number of rotatable bonds is 5. The summed E-state index contributed by atoms with van der Waals surface area (Å²) in [6.45, 7) is 2.00. The summed E-state index contributed by atoms with van der Waals surface area (Å²) in [6, 6.07) is 0.354. The predicted octanol–water partition coefficient (Wildman–Crippen LogP) is 2.37. The van der Waals surface area contributed by atoms with Gasteiger partial charge in [-0.3, -0.25) is 14.4 Å². The smallest absolute Gasteiger partial charge is 0.280 e. The molecule has 2 aromatic rings. The first-order valence-corrected chi connectivity index (χ1v) is 12.8. The number of amides is 2. The third-order valence-corrected chi connectivity index (χ3v) is 8.21. The molecule has 2 aromatic heterocycles. The average Bonchev–Trinajstić information content (AvgIpc) is 3.56. The lowest BCUT2D eigenvalue weighted by Gasteiger charge is -2.34. The number of Topliss-reactive ketones (excluding diaryl/α,β-unsaturated/α-hetero) is 1. The fraction of sp³-hybridized carbons (Fsp3) is 0.565. The Morgan fingerprint density at radius 1 is 1.26 bits per heavy atom. The number of hydrogen-bond acceptors (Lipinski definition) is 8. The fourth-order valence-electron chi connectivity index (χ4n) is 5.15. The molecule has 1 unspecified atom stereocenters.